The highest BCUT2D eigenvalue weighted by Crippen LogP contribution is 2.22. The molecule has 0 radical (unpaired) electrons. The van der Waals surface area contributed by atoms with Crippen LogP contribution in [-0.2, 0) is 0 Å². The number of nitrogens with zero attached hydrogens (tertiary/aromatic N) is 1. The fraction of sp³-hybridized carbons (Fsp3) is 0.625. The van der Waals surface area contributed by atoms with Gasteiger partial charge in [-0.15, -0.1) is 0 Å². The van der Waals surface area contributed by atoms with Gasteiger partial charge in [0, 0.05) is 18.6 Å². The maximum absolute atomic E-state index is 6.35. The molecule has 1 heterocycles. The van der Waals surface area contributed by atoms with Crippen molar-refractivity contribution in [3.05, 3.63) is 35.4 Å². The van der Waals surface area contributed by atoms with E-state index < -0.39 is 0 Å². The predicted octanol–water partition coefficient (Wildman–Crippen LogP) is 3.26. The molecule has 1 aromatic carbocycles. The zero-order chi connectivity index (χ0) is 13.0. The quantitative estimate of drug-likeness (QED) is 0.883. The van der Waals surface area contributed by atoms with E-state index in [1.807, 2.05) is 0 Å². The molecule has 1 saturated heterocycles. The lowest BCUT2D eigenvalue weighted by Gasteiger charge is -2.36. The minimum atomic E-state index is 0.151. The van der Waals surface area contributed by atoms with Crippen LogP contribution in [0.25, 0.3) is 0 Å². The third-order valence-corrected chi connectivity index (χ3v) is 4.16. The van der Waals surface area contributed by atoms with Crippen molar-refractivity contribution in [3.63, 3.8) is 0 Å². The normalized spacial score (nSPS) is 22.9. The summed E-state index contributed by atoms with van der Waals surface area (Å²) in [6.45, 7) is 6.63. The van der Waals surface area contributed by atoms with E-state index in [-0.39, 0.29) is 6.04 Å². The number of hydrogen-bond acceptors (Lipinski definition) is 2. The molecule has 2 N–H and O–H groups in total. The highest BCUT2D eigenvalue weighted by molar-refractivity contribution is 5.24. The number of hydrogen-bond donors (Lipinski definition) is 1. The third-order valence-electron chi connectivity index (χ3n) is 4.16. The number of aryl methyl sites for hydroxylation is 1. The SMILES string of the molecule is CCC1CCCCN1CC(N)c1ccc(C)cc1. The van der Waals surface area contributed by atoms with Gasteiger partial charge in [0.15, 0.2) is 0 Å². The van der Waals surface area contributed by atoms with Gasteiger partial charge in [-0.25, -0.2) is 0 Å². The number of benzene rings is 1. The minimum absolute atomic E-state index is 0.151. The Morgan fingerprint density at radius 3 is 2.67 bits per heavy atom. The topological polar surface area (TPSA) is 29.3 Å². The van der Waals surface area contributed by atoms with Crippen molar-refractivity contribution in [3.8, 4) is 0 Å². The minimum Gasteiger partial charge on any atom is -0.323 e. The molecule has 0 aliphatic carbocycles. The molecule has 2 nitrogen and oxygen atoms in total. The summed E-state index contributed by atoms with van der Waals surface area (Å²) in [5, 5.41) is 0. The summed E-state index contributed by atoms with van der Waals surface area (Å²) in [5.41, 5.74) is 8.92. The van der Waals surface area contributed by atoms with Crippen LogP contribution in [0.3, 0.4) is 0 Å². The smallest absolute Gasteiger partial charge is 0.0424 e. The van der Waals surface area contributed by atoms with E-state index in [2.05, 4.69) is 43.0 Å². The summed E-state index contributed by atoms with van der Waals surface area (Å²) in [4.78, 5) is 2.59. The molecule has 0 spiro atoms. The largest absolute Gasteiger partial charge is 0.323 e. The van der Waals surface area contributed by atoms with E-state index in [1.54, 1.807) is 0 Å². The summed E-state index contributed by atoms with van der Waals surface area (Å²) in [6, 6.07) is 9.55. The van der Waals surface area contributed by atoms with E-state index >= 15 is 0 Å². The summed E-state index contributed by atoms with van der Waals surface area (Å²) < 4.78 is 0. The first-order chi connectivity index (χ1) is 8.70. The van der Waals surface area contributed by atoms with Crippen molar-refractivity contribution in [1.82, 2.24) is 4.90 Å². The van der Waals surface area contributed by atoms with Crippen molar-refractivity contribution in [2.75, 3.05) is 13.1 Å². The van der Waals surface area contributed by atoms with Gasteiger partial charge >= 0.3 is 0 Å². The Morgan fingerprint density at radius 2 is 2.00 bits per heavy atom. The molecular formula is C16H26N2. The van der Waals surface area contributed by atoms with Gasteiger partial charge in [-0.2, -0.15) is 0 Å². The second-order valence-corrected chi connectivity index (χ2v) is 5.57. The maximum Gasteiger partial charge on any atom is 0.0424 e. The molecule has 100 valence electrons. The second kappa shape index (κ2) is 6.35. The average molecular weight is 246 g/mol. The molecule has 1 fully saturated rings. The number of likely N-dealkylation sites (tertiary alicyclic amines) is 1. The predicted molar refractivity (Wildman–Crippen MR) is 77.6 cm³/mol. The van der Waals surface area contributed by atoms with Crippen LogP contribution in [0.4, 0.5) is 0 Å². The van der Waals surface area contributed by atoms with Crippen molar-refractivity contribution in [1.29, 1.82) is 0 Å². The molecule has 0 bridgehead atoms. The molecule has 2 unspecified atom stereocenters. The second-order valence-electron chi connectivity index (χ2n) is 5.57. The zero-order valence-electron chi connectivity index (χ0n) is 11.7. The van der Waals surface area contributed by atoms with E-state index in [0.717, 1.165) is 12.6 Å². The third kappa shape index (κ3) is 3.33. The first-order valence-electron chi connectivity index (χ1n) is 7.27. The Kier molecular flexibility index (Phi) is 4.79. The van der Waals surface area contributed by atoms with Crippen LogP contribution in [0.15, 0.2) is 24.3 Å². The lowest BCUT2D eigenvalue weighted by Crippen LogP contribution is -2.42. The van der Waals surface area contributed by atoms with Crippen molar-refractivity contribution in [2.45, 2.75) is 51.6 Å². The van der Waals surface area contributed by atoms with Crippen LogP contribution in [0.5, 0.6) is 0 Å². The number of rotatable bonds is 4. The molecule has 2 atom stereocenters. The summed E-state index contributed by atoms with van der Waals surface area (Å²) in [6.07, 6.45) is 5.31. The Labute approximate surface area is 111 Å². The number of nitrogens with two attached hydrogens (primary N) is 1. The summed E-state index contributed by atoms with van der Waals surface area (Å²) >= 11 is 0. The average Bonchev–Trinajstić information content (AvgIpc) is 2.40. The van der Waals surface area contributed by atoms with Gasteiger partial charge in [0.1, 0.15) is 0 Å². The van der Waals surface area contributed by atoms with Crippen LogP contribution in [0, 0.1) is 6.92 Å². The molecule has 2 rings (SSSR count). The molecule has 2 heteroatoms. The van der Waals surface area contributed by atoms with E-state index in [0.29, 0.717) is 0 Å². The Morgan fingerprint density at radius 1 is 1.28 bits per heavy atom. The lowest BCUT2D eigenvalue weighted by atomic mass is 9.98. The fourth-order valence-electron chi connectivity index (χ4n) is 2.93. The van der Waals surface area contributed by atoms with Gasteiger partial charge in [-0.05, 0) is 38.3 Å². The molecule has 1 aliphatic heterocycles. The van der Waals surface area contributed by atoms with Crippen molar-refractivity contribution < 1.29 is 0 Å². The van der Waals surface area contributed by atoms with E-state index in [9.17, 15) is 0 Å². The number of piperidine rings is 1. The van der Waals surface area contributed by atoms with Crippen LogP contribution in [0.2, 0.25) is 0 Å². The van der Waals surface area contributed by atoms with Gasteiger partial charge < -0.3 is 5.73 Å². The van der Waals surface area contributed by atoms with Gasteiger partial charge in [0.2, 0.25) is 0 Å². The maximum atomic E-state index is 6.35. The highest BCUT2D eigenvalue weighted by atomic mass is 15.2. The Bertz CT molecular complexity index is 358. The highest BCUT2D eigenvalue weighted by Gasteiger charge is 2.22. The Hall–Kier alpha value is -0.860. The molecular weight excluding hydrogens is 220 g/mol. The lowest BCUT2D eigenvalue weighted by molar-refractivity contribution is 0.136. The first-order valence-corrected chi connectivity index (χ1v) is 7.27. The molecule has 1 aliphatic rings. The monoisotopic (exact) mass is 246 g/mol. The Balaban J connectivity index is 1.97. The molecule has 0 saturated carbocycles. The van der Waals surface area contributed by atoms with Gasteiger partial charge in [-0.1, -0.05) is 43.2 Å². The van der Waals surface area contributed by atoms with Crippen molar-refractivity contribution >= 4 is 0 Å². The first kappa shape index (κ1) is 13.6. The van der Waals surface area contributed by atoms with Gasteiger partial charge in [0.25, 0.3) is 0 Å². The van der Waals surface area contributed by atoms with E-state index in [4.69, 9.17) is 5.73 Å². The molecule has 18 heavy (non-hydrogen) atoms. The van der Waals surface area contributed by atoms with Crippen LogP contribution >= 0.6 is 0 Å². The van der Waals surface area contributed by atoms with Crippen LogP contribution in [-0.4, -0.2) is 24.0 Å². The molecule has 0 amide bonds. The van der Waals surface area contributed by atoms with Crippen LogP contribution in [0.1, 0.15) is 49.8 Å². The van der Waals surface area contributed by atoms with Gasteiger partial charge in [0.05, 0.1) is 0 Å². The molecule has 1 aromatic rings. The summed E-state index contributed by atoms with van der Waals surface area (Å²) in [5.74, 6) is 0. The standard InChI is InChI=1S/C16H26N2/c1-3-15-6-4-5-11-18(15)12-16(17)14-9-7-13(2)8-10-14/h7-10,15-16H,3-6,11-12,17H2,1-2H3. The molecule has 0 aromatic heterocycles. The fourth-order valence-corrected chi connectivity index (χ4v) is 2.93. The van der Waals surface area contributed by atoms with Crippen molar-refractivity contribution in [2.24, 2.45) is 5.73 Å². The van der Waals surface area contributed by atoms with Crippen LogP contribution < -0.4 is 5.73 Å². The van der Waals surface area contributed by atoms with E-state index in [1.165, 1.54) is 43.4 Å². The zero-order valence-corrected chi connectivity index (χ0v) is 11.7. The summed E-state index contributed by atoms with van der Waals surface area (Å²) in [7, 11) is 0. The van der Waals surface area contributed by atoms with Gasteiger partial charge in [-0.3, -0.25) is 4.90 Å².